The van der Waals surface area contributed by atoms with Crippen LogP contribution in [-0.4, -0.2) is 47.3 Å². The monoisotopic (exact) mass is 224 g/mol. The van der Waals surface area contributed by atoms with E-state index in [2.05, 4.69) is 9.97 Å². The summed E-state index contributed by atoms with van der Waals surface area (Å²) in [4.78, 5) is 20.4. The van der Waals surface area contributed by atoms with E-state index in [-0.39, 0.29) is 11.6 Å². The fourth-order valence-corrected chi connectivity index (χ4v) is 1.52. The van der Waals surface area contributed by atoms with E-state index in [0.717, 1.165) is 0 Å². The maximum atomic E-state index is 10.8. The molecule has 1 aromatic rings. The quantitative estimate of drug-likeness (QED) is 0.704. The van der Waals surface area contributed by atoms with Crippen LogP contribution >= 0.6 is 0 Å². The van der Waals surface area contributed by atoms with Gasteiger partial charge in [-0.25, -0.2) is 9.78 Å². The number of morpholine rings is 1. The highest BCUT2D eigenvalue weighted by Gasteiger charge is 2.16. The Kier molecular flexibility index (Phi) is 2.86. The van der Waals surface area contributed by atoms with Crippen molar-refractivity contribution in [1.29, 1.82) is 0 Å². The maximum Gasteiger partial charge on any atom is 0.354 e. The van der Waals surface area contributed by atoms with Gasteiger partial charge in [-0.15, -0.1) is 0 Å². The normalized spacial score (nSPS) is 16.1. The van der Waals surface area contributed by atoms with Crippen molar-refractivity contribution in [1.82, 2.24) is 9.97 Å². The fraction of sp³-hybridized carbons (Fsp3) is 0.444. The lowest BCUT2D eigenvalue weighted by molar-refractivity contribution is 0.0690. The minimum absolute atomic E-state index is 0.0265. The van der Waals surface area contributed by atoms with E-state index in [0.29, 0.717) is 32.1 Å². The predicted octanol–water partition coefficient (Wildman–Crippen LogP) is -0.406. The van der Waals surface area contributed by atoms with Crippen molar-refractivity contribution in [3.63, 3.8) is 0 Å². The first-order chi connectivity index (χ1) is 7.66. The molecule has 3 N–H and O–H groups in total. The Hall–Kier alpha value is -1.89. The number of anilines is 2. The number of rotatable bonds is 2. The minimum Gasteiger partial charge on any atom is -0.477 e. The Morgan fingerprint density at radius 2 is 2.12 bits per heavy atom. The lowest BCUT2D eigenvalue weighted by Crippen LogP contribution is -2.37. The molecule has 0 aliphatic carbocycles. The fourth-order valence-electron chi connectivity index (χ4n) is 1.52. The molecule has 1 fully saturated rings. The molecule has 1 aromatic heterocycles. The third-order valence-electron chi connectivity index (χ3n) is 2.28. The van der Waals surface area contributed by atoms with E-state index < -0.39 is 5.97 Å². The molecule has 1 saturated heterocycles. The van der Waals surface area contributed by atoms with Gasteiger partial charge in [0.05, 0.1) is 13.2 Å². The molecular weight excluding hydrogens is 212 g/mol. The van der Waals surface area contributed by atoms with Gasteiger partial charge in [-0.1, -0.05) is 0 Å². The van der Waals surface area contributed by atoms with Gasteiger partial charge >= 0.3 is 5.97 Å². The van der Waals surface area contributed by atoms with Gasteiger partial charge in [-0.2, -0.15) is 4.98 Å². The summed E-state index contributed by atoms with van der Waals surface area (Å²) in [6.45, 7) is 2.56. The third kappa shape index (κ3) is 2.19. The molecule has 2 heterocycles. The molecular formula is C9H12N4O3. The van der Waals surface area contributed by atoms with Crippen molar-refractivity contribution < 1.29 is 14.6 Å². The molecule has 0 unspecified atom stereocenters. The molecule has 1 aliphatic rings. The van der Waals surface area contributed by atoms with E-state index in [4.69, 9.17) is 15.6 Å². The first-order valence-electron chi connectivity index (χ1n) is 4.87. The van der Waals surface area contributed by atoms with Crippen LogP contribution in [0.15, 0.2) is 6.07 Å². The number of nitrogens with zero attached hydrogens (tertiary/aromatic N) is 3. The number of ether oxygens (including phenoxy) is 1. The van der Waals surface area contributed by atoms with Crippen LogP contribution in [0, 0.1) is 0 Å². The van der Waals surface area contributed by atoms with Crippen molar-refractivity contribution in [2.45, 2.75) is 0 Å². The standard InChI is InChI=1S/C9H12N4O3/c10-9-11-6(8(14)15)5-7(12-9)13-1-3-16-4-2-13/h5H,1-4H2,(H,14,15)(H2,10,11,12). The van der Waals surface area contributed by atoms with E-state index in [1.165, 1.54) is 6.07 Å². The van der Waals surface area contributed by atoms with E-state index in [1.54, 1.807) is 0 Å². The average molecular weight is 224 g/mol. The third-order valence-corrected chi connectivity index (χ3v) is 2.28. The largest absolute Gasteiger partial charge is 0.477 e. The van der Waals surface area contributed by atoms with Gasteiger partial charge in [-0.05, 0) is 0 Å². The number of hydrogen-bond acceptors (Lipinski definition) is 6. The molecule has 7 heteroatoms. The highest BCUT2D eigenvalue weighted by Crippen LogP contribution is 2.15. The molecule has 0 aromatic carbocycles. The Labute approximate surface area is 91.9 Å². The number of carboxylic acid groups (broad SMARTS) is 1. The number of carboxylic acids is 1. The summed E-state index contributed by atoms with van der Waals surface area (Å²) in [5, 5.41) is 8.84. The number of aromatic carboxylic acids is 1. The van der Waals surface area contributed by atoms with Crippen molar-refractivity contribution >= 4 is 17.7 Å². The first-order valence-corrected chi connectivity index (χ1v) is 4.87. The average Bonchev–Trinajstić information content (AvgIpc) is 2.29. The molecule has 0 spiro atoms. The van der Waals surface area contributed by atoms with Crippen molar-refractivity contribution in [3.8, 4) is 0 Å². The van der Waals surface area contributed by atoms with Gasteiger partial charge in [0.1, 0.15) is 5.82 Å². The topological polar surface area (TPSA) is 102 Å². The molecule has 1 aliphatic heterocycles. The van der Waals surface area contributed by atoms with Crippen molar-refractivity contribution in [3.05, 3.63) is 11.8 Å². The van der Waals surface area contributed by atoms with Crippen LogP contribution < -0.4 is 10.6 Å². The van der Waals surface area contributed by atoms with Gasteiger partial charge in [0, 0.05) is 19.2 Å². The summed E-state index contributed by atoms with van der Waals surface area (Å²) >= 11 is 0. The van der Waals surface area contributed by atoms with Crippen molar-refractivity contribution in [2.24, 2.45) is 0 Å². The molecule has 16 heavy (non-hydrogen) atoms. The van der Waals surface area contributed by atoms with Crippen LogP contribution in [0.1, 0.15) is 10.5 Å². The van der Waals surface area contributed by atoms with Crippen LogP contribution in [0.2, 0.25) is 0 Å². The second kappa shape index (κ2) is 4.31. The Balaban J connectivity index is 2.28. The van der Waals surface area contributed by atoms with Crippen LogP contribution in [0.25, 0.3) is 0 Å². The van der Waals surface area contributed by atoms with Gasteiger partial charge in [-0.3, -0.25) is 0 Å². The van der Waals surface area contributed by atoms with E-state index >= 15 is 0 Å². The van der Waals surface area contributed by atoms with Crippen molar-refractivity contribution in [2.75, 3.05) is 36.9 Å². The zero-order valence-corrected chi connectivity index (χ0v) is 8.59. The number of nitrogen functional groups attached to an aromatic ring is 1. The summed E-state index contributed by atoms with van der Waals surface area (Å²) < 4.78 is 5.20. The lowest BCUT2D eigenvalue weighted by Gasteiger charge is -2.27. The summed E-state index contributed by atoms with van der Waals surface area (Å²) in [6, 6.07) is 1.42. The predicted molar refractivity (Wildman–Crippen MR) is 56.4 cm³/mol. The molecule has 86 valence electrons. The number of hydrogen-bond donors (Lipinski definition) is 2. The van der Waals surface area contributed by atoms with Gasteiger partial charge < -0.3 is 20.5 Å². The Bertz CT molecular complexity index is 404. The van der Waals surface area contributed by atoms with Gasteiger partial charge in [0.15, 0.2) is 5.69 Å². The smallest absolute Gasteiger partial charge is 0.354 e. The van der Waals surface area contributed by atoms with Crippen LogP contribution in [0.4, 0.5) is 11.8 Å². The van der Waals surface area contributed by atoms with Crippen LogP contribution in [-0.2, 0) is 4.74 Å². The number of nitrogens with two attached hydrogens (primary N) is 1. The SMILES string of the molecule is Nc1nc(C(=O)O)cc(N2CCOCC2)n1. The van der Waals surface area contributed by atoms with Crippen LogP contribution in [0.3, 0.4) is 0 Å². The summed E-state index contributed by atoms with van der Waals surface area (Å²) in [6.07, 6.45) is 0. The Morgan fingerprint density at radius 1 is 1.44 bits per heavy atom. The van der Waals surface area contributed by atoms with E-state index in [1.807, 2.05) is 4.90 Å². The Morgan fingerprint density at radius 3 is 2.75 bits per heavy atom. The van der Waals surface area contributed by atoms with E-state index in [9.17, 15) is 4.79 Å². The second-order valence-corrected chi connectivity index (χ2v) is 3.37. The lowest BCUT2D eigenvalue weighted by atomic mass is 10.3. The molecule has 0 saturated carbocycles. The molecule has 7 nitrogen and oxygen atoms in total. The summed E-state index contributed by atoms with van der Waals surface area (Å²) in [5.74, 6) is -0.599. The van der Waals surface area contributed by atoms with Gasteiger partial charge in [0.2, 0.25) is 5.95 Å². The number of aromatic nitrogens is 2. The van der Waals surface area contributed by atoms with Gasteiger partial charge in [0.25, 0.3) is 0 Å². The maximum absolute atomic E-state index is 10.8. The molecule has 0 amide bonds. The molecule has 0 atom stereocenters. The zero-order valence-electron chi connectivity index (χ0n) is 8.59. The first kappa shape index (κ1) is 10.6. The molecule has 2 rings (SSSR count). The summed E-state index contributed by atoms with van der Waals surface area (Å²) in [7, 11) is 0. The van der Waals surface area contributed by atoms with Crippen LogP contribution in [0.5, 0.6) is 0 Å². The highest BCUT2D eigenvalue weighted by molar-refractivity contribution is 5.86. The second-order valence-electron chi connectivity index (χ2n) is 3.37. The molecule has 0 radical (unpaired) electrons. The zero-order chi connectivity index (χ0) is 11.5. The minimum atomic E-state index is -1.11. The highest BCUT2D eigenvalue weighted by atomic mass is 16.5. The molecule has 0 bridgehead atoms. The summed E-state index contributed by atoms with van der Waals surface area (Å²) in [5.41, 5.74) is 5.37. The number of carbonyl (C=O) groups is 1.